The number of nitrogens with zero attached hydrogens (tertiary/aromatic N) is 4. The molecule has 0 atom stereocenters. The quantitative estimate of drug-likeness (QED) is 0.0932. The minimum absolute atomic E-state index is 0. The summed E-state index contributed by atoms with van der Waals surface area (Å²) in [5, 5.41) is 54.9. The first-order chi connectivity index (χ1) is 54.5. The molecule has 6 aromatic carbocycles. The predicted octanol–water partition coefficient (Wildman–Crippen LogP) is 13.7. The number of rotatable bonds is 14. The summed E-state index contributed by atoms with van der Waals surface area (Å²) < 4.78 is 54.7. The first-order valence-corrected chi connectivity index (χ1v) is 42.8. The molecular formula is C98H148N4NaO14Yb. The summed E-state index contributed by atoms with van der Waals surface area (Å²) in [4.78, 5) is 9.20. The van der Waals surface area contributed by atoms with Crippen molar-refractivity contribution in [3.8, 4) is 34.5 Å². The molecule has 659 valence electrons. The second-order valence-electron chi connectivity index (χ2n) is 38.7. The van der Waals surface area contributed by atoms with Crippen LogP contribution in [0.25, 0.3) is 0 Å². The van der Waals surface area contributed by atoms with Crippen LogP contribution in [0.2, 0.25) is 0 Å². The van der Waals surface area contributed by atoms with Crippen molar-refractivity contribution >= 4 is 0 Å². The van der Waals surface area contributed by atoms with Crippen LogP contribution in [0.3, 0.4) is 0 Å². The van der Waals surface area contributed by atoms with Crippen molar-refractivity contribution in [3.05, 3.63) is 173 Å². The van der Waals surface area contributed by atoms with Crippen LogP contribution in [-0.4, -0.2) is 165 Å². The van der Waals surface area contributed by atoms with Crippen LogP contribution in [0.4, 0.5) is 0 Å². The Morgan fingerprint density at radius 2 is 0.483 bits per heavy atom. The average molecular weight is 1800 g/mol. The van der Waals surface area contributed by atoms with Crippen molar-refractivity contribution in [1.29, 1.82) is 0 Å². The maximum absolute atomic E-state index is 13.7. The molecule has 6 aromatic rings. The van der Waals surface area contributed by atoms with E-state index in [-0.39, 0.29) is 132 Å². The van der Waals surface area contributed by atoms with Gasteiger partial charge in [0, 0.05) is 114 Å². The Hall–Kier alpha value is -3.84. The predicted molar refractivity (Wildman–Crippen MR) is 462 cm³/mol. The molecule has 0 bridgehead atoms. The van der Waals surface area contributed by atoms with Crippen LogP contribution in [0.5, 0.6) is 34.5 Å². The number of benzene rings is 6. The number of ether oxygens (including phenoxy) is 10. The molecule has 11 rings (SSSR count). The van der Waals surface area contributed by atoms with E-state index in [4.69, 9.17) is 47.4 Å². The third kappa shape index (κ3) is 34.6. The van der Waals surface area contributed by atoms with Crippen molar-refractivity contribution < 1.29 is 144 Å². The summed E-state index contributed by atoms with van der Waals surface area (Å²) in [6.07, 6.45) is 5.11. The molecule has 0 aromatic heterocycles. The smallest absolute Gasteiger partial charge is 0.872 e. The van der Waals surface area contributed by atoms with Gasteiger partial charge in [0.05, 0.1) is 79.3 Å². The first-order valence-electron chi connectivity index (χ1n) is 42.8. The Morgan fingerprint density at radius 3 is 0.678 bits per heavy atom. The topological polar surface area (TPSA) is 198 Å². The summed E-state index contributed by atoms with van der Waals surface area (Å²) in [5.41, 5.74) is 17.3. The van der Waals surface area contributed by atoms with Crippen molar-refractivity contribution in [1.82, 2.24) is 19.6 Å². The van der Waals surface area contributed by atoms with E-state index < -0.39 is 0 Å². The molecule has 5 aliphatic heterocycles. The molecule has 0 unspecified atom stereocenters. The third-order valence-corrected chi connectivity index (χ3v) is 21.2. The normalized spacial score (nSPS) is 16.6. The van der Waals surface area contributed by atoms with Crippen LogP contribution in [-0.2, 0) is 110 Å². The second-order valence-corrected chi connectivity index (χ2v) is 38.7. The van der Waals surface area contributed by atoms with Gasteiger partial charge in [0.25, 0.3) is 0 Å². The van der Waals surface area contributed by atoms with E-state index >= 15 is 0 Å². The Morgan fingerprint density at radius 1 is 0.288 bits per heavy atom. The molecule has 5 heterocycles. The molecule has 5 aliphatic rings. The van der Waals surface area contributed by atoms with Crippen LogP contribution >= 0.6 is 0 Å². The molecule has 0 spiro atoms. The molecule has 0 aliphatic carbocycles. The molecule has 0 amide bonds. The van der Waals surface area contributed by atoms with Gasteiger partial charge in [-0.2, -0.15) is 0 Å². The number of fused-ring (bicyclic) bond motifs is 2. The fourth-order valence-electron chi connectivity index (χ4n) is 14.9. The summed E-state index contributed by atoms with van der Waals surface area (Å²) in [6, 6.07) is 25.2. The molecule has 18 nitrogen and oxygen atoms in total. The molecule has 118 heavy (non-hydrogen) atoms. The number of hydrogen-bond donors (Lipinski definition) is 0. The molecule has 3 saturated heterocycles. The monoisotopic (exact) mass is 1800 g/mol. The van der Waals surface area contributed by atoms with Crippen molar-refractivity contribution in [3.63, 3.8) is 0 Å². The van der Waals surface area contributed by atoms with E-state index in [1.165, 1.54) is 59.1 Å². The zero-order chi connectivity index (χ0) is 85.3. The molecule has 0 saturated carbocycles. The Kier molecular flexibility index (Phi) is 43.6. The number of aryl methyl sites for hydroxylation is 6. The minimum Gasteiger partial charge on any atom is -0.872 e. The van der Waals surface area contributed by atoms with Crippen LogP contribution in [0.15, 0.2) is 72.8 Å². The van der Waals surface area contributed by atoms with Crippen LogP contribution < -0.4 is 59.5 Å². The Balaban J connectivity index is 0.000000313. The van der Waals surface area contributed by atoms with Gasteiger partial charge in [0.1, 0.15) is 25.0 Å². The molecular weight excluding hydrogens is 1650 g/mol. The first kappa shape index (κ1) is 105. The average Bonchev–Trinajstić information content (AvgIpc) is 0.809. The SMILES string of the molecule is C1CCOC1.C1CCOC1.C1COCCOCCOCCOCCOCCO1.Cc1cc(CN(CCN2COc3c(cc(C)cc3C(C)(C)C)C2)Cc2cc(C)cc(C(C)(C)C)c2[O-])c([O-])c(C(C)(C)C)c1.Cc1cc(CN(CCN2COc3c(cc(C)cc3C(C)(C)C)C2)Cc2cc(C)cc(C(C)(C)C)c2[O-])c([O-])c(C(C)(C)C)c1.[Na+].[Yb+3]. The van der Waals surface area contributed by atoms with E-state index in [9.17, 15) is 20.4 Å². The van der Waals surface area contributed by atoms with E-state index in [1.807, 2.05) is 48.5 Å². The van der Waals surface area contributed by atoms with Crippen molar-refractivity contribution in [2.24, 2.45) is 0 Å². The standard InChI is InChI=1S/2C39H56N2O3.C12H24O6.2C4H8O.Na.Yb/c2*1-25-15-28(34(42)31(18-25)37(4,5)6)21-40(22-29-16-26(2)19-32(35(29)43)38(7,8)9)13-14-41-23-30-17-27(3)20-33(39(10,11)12)36(30)44-24-41;1-2-14-5-6-16-9-10-18-12-11-17-8-7-15-4-3-13-1;2*1-2-4-5-3-1;;/h2*15-20,42-43H,13-14,21-24H2,1-12H3;1-12H2;2*1-4H2;;/q;;;;;+1;+3/p-4. The Bertz CT molecular complexity index is 3550. The summed E-state index contributed by atoms with van der Waals surface area (Å²) >= 11 is 0. The van der Waals surface area contributed by atoms with Gasteiger partial charge < -0.3 is 67.8 Å². The van der Waals surface area contributed by atoms with Gasteiger partial charge in [-0.15, -0.1) is 23.0 Å². The number of hydrogen-bond acceptors (Lipinski definition) is 18. The summed E-state index contributed by atoms with van der Waals surface area (Å²) in [5.74, 6) is 2.47. The van der Waals surface area contributed by atoms with Crippen molar-refractivity contribution in [2.45, 2.75) is 264 Å². The van der Waals surface area contributed by atoms with E-state index in [2.05, 4.69) is 210 Å². The largest absolute Gasteiger partial charge is 3.00 e. The van der Waals surface area contributed by atoms with Crippen LogP contribution in [0.1, 0.15) is 250 Å². The van der Waals surface area contributed by atoms with Gasteiger partial charge in [0.15, 0.2) is 0 Å². The minimum atomic E-state index is -0.244. The van der Waals surface area contributed by atoms with E-state index in [1.54, 1.807) is 0 Å². The maximum Gasteiger partial charge on any atom is 3.00 e. The molecule has 1 radical (unpaired) electrons. The van der Waals surface area contributed by atoms with Gasteiger partial charge in [0.2, 0.25) is 0 Å². The van der Waals surface area contributed by atoms with E-state index in [0.29, 0.717) is 132 Å². The molecule has 3 fully saturated rings. The Labute approximate surface area is 773 Å². The van der Waals surface area contributed by atoms with Gasteiger partial charge >= 0.3 is 76.5 Å². The van der Waals surface area contributed by atoms with Gasteiger partial charge in [-0.3, -0.25) is 19.6 Å². The van der Waals surface area contributed by atoms with Gasteiger partial charge in [-0.1, -0.05) is 231 Å². The second kappa shape index (κ2) is 49.2. The molecule has 0 N–H and O–H groups in total. The van der Waals surface area contributed by atoms with Gasteiger partial charge in [-0.05, 0) is 144 Å². The van der Waals surface area contributed by atoms with Gasteiger partial charge in [-0.25, -0.2) is 0 Å². The molecule has 20 heteroatoms. The maximum atomic E-state index is 13.7. The third-order valence-electron chi connectivity index (χ3n) is 21.2. The van der Waals surface area contributed by atoms with Crippen LogP contribution in [0, 0.1) is 88.5 Å². The fraction of sp³-hybridized carbons (Fsp3) is 0.633. The zero-order valence-electron chi connectivity index (χ0n) is 77.3. The summed E-state index contributed by atoms with van der Waals surface area (Å²) in [6.45, 7) is 69.6. The van der Waals surface area contributed by atoms with E-state index in [0.717, 1.165) is 131 Å². The van der Waals surface area contributed by atoms with Crippen molar-refractivity contribution in [2.75, 3.05) is 145 Å². The zero-order valence-corrected chi connectivity index (χ0v) is 81.0. The summed E-state index contributed by atoms with van der Waals surface area (Å²) in [7, 11) is 0. The fourth-order valence-corrected chi connectivity index (χ4v) is 14.9.